The van der Waals surface area contributed by atoms with E-state index in [-0.39, 0.29) is 18.2 Å². The summed E-state index contributed by atoms with van der Waals surface area (Å²) in [5.41, 5.74) is 5.51. The van der Waals surface area contributed by atoms with E-state index in [1.807, 2.05) is 32.9 Å². The Hall–Kier alpha value is -1.03. The highest BCUT2D eigenvalue weighted by atomic mass is 16.6. The maximum absolute atomic E-state index is 11.9. The van der Waals surface area contributed by atoms with E-state index in [0.29, 0.717) is 5.92 Å². The zero-order valence-corrected chi connectivity index (χ0v) is 10.1. The molecule has 0 aromatic rings. The topological polar surface area (TPSA) is 55.6 Å². The summed E-state index contributed by atoms with van der Waals surface area (Å²) >= 11 is 0. The lowest BCUT2D eigenvalue weighted by Gasteiger charge is -2.27. The van der Waals surface area contributed by atoms with Gasteiger partial charge in [-0.15, -0.1) is 0 Å². The lowest BCUT2D eigenvalue weighted by molar-refractivity contribution is 0.0246. The molecule has 0 spiro atoms. The monoisotopic (exact) mass is 224 g/mol. The summed E-state index contributed by atoms with van der Waals surface area (Å²) in [6, 6.07) is 0.238. The van der Waals surface area contributed by atoms with E-state index < -0.39 is 5.60 Å². The van der Waals surface area contributed by atoms with Crippen LogP contribution < -0.4 is 5.73 Å². The minimum atomic E-state index is -0.431. The van der Waals surface area contributed by atoms with Crippen molar-refractivity contribution in [3.63, 3.8) is 0 Å². The Balaban J connectivity index is 2.02. The van der Waals surface area contributed by atoms with Gasteiger partial charge in [-0.1, -0.05) is 12.2 Å². The van der Waals surface area contributed by atoms with Crippen molar-refractivity contribution < 1.29 is 9.53 Å². The van der Waals surface area contributed by atoms with Gasteiger partial charge in [-0.3, -0.25) is 0 Å². The first kappa shape index (κ1) is 11.5. The Labute approximate surface area is 96.4 Å². The van der Waals surface area contributed by atoms with Crippen LogP contribution in [-0.4, -0.2) is 35.2 Å². The zero-order valence-electron chi connectivity index (χ0n) is 10.1. The van der Waals surface area contributed by atoms with Gasteiger partial charge < -0.3 is 15.4 Å². The van der Waals surface area contributed by atoms with Gasteiger partial charge in [0.15, 0.2) is 0 Å². The van der Waals surface area contributed by atoms with Crippen LogP contribution in [0.2, 0.25) is 0 Å². The van der Waals surface area contributed by atoms with Crippen molar-refractivity contribution in [3.8, 4) is 0 Å². The normalized spacial score (nSPS) is 33.0. The number of hydrogen-bond donors (Lipinski definition) is 1. The number of nitrogens with two attached hydrogens (primary N) is 1. The molecule has 2 aliphatic rings. The number of fused-ring (bicyclic) bond motifs is 1. The first-order valence-corrected chi connectivity index (χ1v) is 5.82. The van der Waals surface area contributed by atoms with E-state index >= 15 is 0 Å². The van der Waals surface area contributed by atoms with Crippen molar-refractivity contribution in [2.45, 2.75) is 44.9 Å². The summed E-state index contributed by atoms with van der Waals surface area (Å²) in [5.74, 6) is 0.382. The molecule has 0 aromatic heterocycles. The van der Waals surface area contributed by atoms with Crippen LogP contribution in [0.4, 0.5) is 4.79 Å². The molecule has 2 rings (SSSR count). The van der Waals surface area contributed by atoms with Crippen molar-refractivity contribution >= 4 is 6.09 Å². The second-order valence-electron chi connectivity index (χ2n) is 5.58. The average molecular weight is 224 g/mol. The Morgan fingerprint density at radius 3 is 2.75 bits per heavy atom. The predicted octanol–water partition coefficient (Wildman–Crippen LogP) is 1.51. The fraction of sp³-hybridized carbons (Fsp3) is 0.750. The third-order valence-electron chi connectivity index (χ3n) is 3.15. The number of hydrogen-bond acceptors (Lipinski definition) is 3. The molecule has 0 radical (unpaired) electrons. The molecule has 0 aromatic carbocycles. The third kappa shape index (κ3) is 2.07. The van der Waals surface area contributed by atoms with Gasteiger partial charge in [-0.2, -0.15) is 0 Å². The van der Waals surface area contributed by atoms with Gasteiger partial charge in [0.25, 0.3) is 0 Å². The summed E-state index contributed by atoms with van der Waals surface area (Å²) in [4.78, 5) is 13.7. The van der Waals surface area contributed by atoms with E-state index in [1.54, 1.807) is 4.90 Å². The van der Waals surface area contributed by atoms with Gasteiger partial charge in [-0.05, 0) is 27.2 Å². The lowest BCUT2D eigenvalue weighted by Crippen LogP contribution is -2.41. The number of nitrogens with zero attached hydrogens (tertiary/aromatic N) is 1. The van der Waals surface area contributed by atoms with E-state index in [2.05, 4.69) is 0 Å². The number of rotatable bonds is 0. The summed E-state index contributed by atoms with van der Waals surface area (Å²) in [6.07, 6.45) is 4.77. The van der Waals surface area contributed by atoms with Crippen LogP contribution in [0.3, 0.4) is 0 Å². The Morgan fingerprint density at radius 2 is 2.12 bits per heavy atom. The van der Waals surface area contributed by atoms with E-state index in [0.717, 1.165) is 13.0 Å². The van der Waals surface area contributed by atoms with Crippen LogP contribution in [0, 0.1) is 5.92 Å². The van der Waals surface area contributed by atoms with Crippen LogP contribution in [0.1, 0.15) is 27.2 Å². The molecule has 90 valence electrons. The number of carbonyl (C=O) groups excluding carboxylic acids is 1. The molecule has 16 heavy (non-hydrogen) atoms. The molecule has 1 aliphatic carbocycles. The summed E-state index contributed by atoms with van der Waals surface area (Å²) in [7, 11) is 0. The molecule has 4 heteroatoms. The van der Waals surface area contributed by atoms with Crippen molar-refractivity contribution in [2.24, 2.45) is 11.7 Å². The van der Waals surface area contributed by atoms with Gasteiger partial charge in [-0.25, -0.2) is 4.79 Å². The maximum atomic E-state index is 11.9. The zero-order chi connectivity index (χ0) is 11.9. The van der Waals surface area contributed by atoms with Crippen LogP contribution in [0.15, 0.2) is 12.2 Å². The van der Waals surface area contributed by atoms with Crippen LogP contribution >= 0.6 is 0 Å². The number of carbonyl (C=O) groups is 1. The second-order valence-corrected chi connectivity index (χ2v) is 5.58. The standard InChI is InChI=1S/C12H20N2O2/c1-12(2,3)16-11(15)14-7-6-8-9(13)4-5-10(8)14/h4-5,8-10H,6-7,13H2,1-3H3. The van der Waals surface area contributed by atoms with Gasteiger partial charge in [0.1, 0.15) is 5.60 Å². The maximum Gasteiger partial charge on any atom is 0.410 e. The van der Waals surface area contributed by atoms with Crippen LogP contribution in [0.25, 0.3) is 0 Å². The van der Waals surface area contributed by atoms with Gasteiger partial charge in [0, 0.05) is 18.5 Å². The Bertz CT molecular complexity index is 319. The first-order valence-electron chi connectivity index (χ1n) is 5.82. The van der Waals surface area contributed by atoms with E-state index in [1.165, 1.54) is 0 Å². The van der Waals surface area contributed by atoms with Crippen LogP contribution in [0.5, 0.6) is 0 Å². The molecule has 1 aliphatic heterocycles. The molecular weight excluding hydrogens is 204 g/mol. The van der Waals surface area contributed by atoms with Crippen molar-refractivity contribution in [1.29, 1.82) is 0 Å². The second kappa shape index (κ2) is 3.77. The van der Waals surface area contributed by atoms with E-state index in [4.69, 9.17) is 10.5 Å². The quantitative estimate of drug-likeness (QED) is 0.634. The van der Waals surface area contributed by atoms with Gasteiger partial charge in [0.05, 0.1) is 6.04 Å². The molecule has 4 nitrogen and oxygen atoms in total. The highest BCUT2D eigenvalue weighted by molar-refractivity contribution is 5.69. The van der Waals surface area contributed by atoms with Gasteiger partial charge in [0.2, 0.25) is 0 Å². The highest BCUT2D eigenvalue weighted by Gasteiger charge is 2.42. The molecule has 1 amide bonds. The first-order chi connectivity index (χ1) is 7.38. The van der Waals surface area contributed by atoms with Crippen LogP contribution in [-0.2, 0) is 4.74 Å². The molecule has 1 saturated heterocycles. The summed E-state index contributed by atoms with van der Waals surface area (Å²) in [5, 5.41) is 0. The van der Waals surface area contributed by atoms with Crippen molar-refractivity contribution in [3.05, 3.63) is 12.2 Å². The molecule has 0 bridgehead atoms. The predicted molar refractivity (Wildman–Crippen MR) is 62.0 cm³/mol. The fourth-order valence-electron chi connectivity index (χ4n) is 2.42. The Morgan fingerprint density at radius 1 is 1.44 bits per heavy atom. The SMILES string of the molecule is CC(C)(C)OC(=O)N1CCC2C(N)C=CC21. The molecule has 0 saturated carbocycles. The molecule has 2 N–H and O–H groups in total. The largest absolute Gasteiger partial charge is 0.444 e. The smallest absolute Gasteiger partial charge is 0.410 e. The third-order valence-corrected chi connectivity index (χ3v) is 3.15. The molecule has 3 unspecified atom stereocenters. The van der Waals surface area contributed by atoms with Gasteiger partial charge >= 0.3 is 6.09 Å². The Kier molecular flexibility index (Phi) is 2.70. The molecule has 1 fully saturated rings. The minimum Gasteiger partial charge on any atom is -0.444 e. The number of ether oxygens (including phenoxy) is 1. The molecule has 3 atom stereocenters. The fourth-order valence-corrected chi connectivity index (χ4v) is 2.42. The lowest BCUT2D eigenvalue weighted by atomic mass is 10.00. The summed E-state index contributed by atoms with van der Waals surface area (Å²) in [6.45, 7) is 6.40. The van der Waals surface area contributed by atoms with Crippen molar-refractivity contribution in [2.75, 3.05) is 6.54 Å². The van der Waals surface area contributed by atoms with Crippen molar-refractivity contribution in [1.82, 2.24) is 4.90 Å². The number of likely N-dealkylation sites (tertiary alicyclic amines) is 1. The van der Waals surface area contributed by atoms with E-state index in [9.17, 15) is 4.79 Å². The molecule has 1 heterocycles. The molecular formula is C12H20N2O2. The minimum absolute atomic E-state index is 0.0948. The number of amides is 1. The highest BCUT2D eigenvalue weighted by Crippen LogP contribution is 2.33. The summed E-state index contributed by atoms with van der Waals surface area (Å²) < 4.78 is 5.38. The average Bonchev–Trinajstić information content (AvgIpc) is 2.66.